The average molecular weight is 357 g/mol. The molecule has 1 aromatic heterocycles. The van der Waals surface area contributed by atoms with E-state index in [-0.39, 0.29) is 5.56 Å². The molecular weight excluding hydrogens is 344 g/mol. The minimum absolute atomic E-state index is 0.0123. The molecule has 0 saturated heterocycles. The summed E-state index contributed by atoms with van der Waals surface area (Å²) in [7, 11) is 0. The Morgan fingerprint density at radius 2 is 1.88 bits per heavy atom. The van der Waals surface area contributed by atoms with E-state index < -0.39 is 11.4 Å². The quantitative estimate of drug-likeness (QED) is 0.283. The number of rotatable bonds is 4. The Hall–Kier alpha value is -2.30. The number of hydrogen-bond acceptors (Lipinski definition) is 4. The largest absolute Gasteiger partial charge is 0.422 e. The summed E-state index contributed by atoms with van der Waals surface area (Å²) >= 11 is 7.58. The summed E-state index contributed by atoms with van der Waals surface area (Å²) in [4.78, 5) is 25.4. The van der Waals surface area contributed by atoms with Crippen LogP contribution in [-0.4, -0.2) is 12.0 Å². The maximum absolute atomic E-state index is 12.3. The van der Waals surface area contributed by atoms with Crippen LogP contribution >= 0.6 is 23.4 Å². The van der Waals surface area contributed by atoms with Crippen LogP contribution in [0.25, 0.3) is 17.0 Å². The molecule has 3 nitrogen and oxygen atoms in total. The molecule has 0 aliphatic carbocycles. The van der Waals surface area contributed by atoms with Crippen LogP contribution in [0.5, 0.6) is 0 Å². The number of carbonyl (C=O) groups is 1. The fourth-order valence-corrected chi connectivity index (χ4v) is 2.83. The van der Waals surface area contributed by atoms with E-state index in [1.54, 1.807) is 36.0 Å². The van der Waals surface area contributed by atoms with E-state index in [0.717, 1.165) is 10.5 Å². The van der Waals surface area contributed by atoms with Gasteiger partial charge in [0, 0.05) is 15.3 Å². The van der Waals surface area contributed by atoms with Crippen molar-refractivity contribution >= 4 is 46.2 Å². The lowest BCUT2D eigenvalue weighted by atomic mass is 10.1. The number of thioether (sulfide) groups is 1. The van der Waals surface area contributed by atoms with E-state index in [0.29, 0.717) is 16.0 Å². The van der Waals surface area contributed by atoms with Crippen molar-refractivity contribution < 1.29 is 9.21 Å². The van der Waals surface area contributed by atoms with Crippen molar-refractivity contribution in [2.24, 2.45) is 0 Å². The summed E-state index contributed by atoms with van der Waals surface area (Å²) in [6, 6.07) is 14.2. The lowest BCUT2D eigenvalue weighted by molar-refractivity contribution is 0.104. The minimum Gasteiger partial charge on any atom is -0.422 e. The predicted octanol–water partition coefficient (Wildman–Crippen LogP) is 5.06. The molecule has 2 aromatic carbocycles. The molecule has 3 aromatic rings. The molecule has 0 N–H and O–H groups in total. The molecule has 0 unspecified atom stereocenters. The van der Waals surface area contributed by atoms with Gasteiger partial charge in [0.1, 0.15) is 11.1 Å². The second-order valence-electron chi connectivity index (χ2n) is 5.10. The van der Waals surface area contributed by atoms with Crippen molar-refractivity contribution in [2.75, 3.05) is 6.26 Å². The zero-order chi connectivity index (χ0) is 17.1. The third kappa shape index (κ3) is 3.61. The normalized spacial score (nSPS) is 11.2. The number of benzene rings is 2. The third-order valence-electron chi connectivity index (χ3n) is 3.50. The Balaban J connectivity index is 1.91. The summed E-state index contributed by atoms with van der Waals surface area (Å²) in [6.45, 7) is 0. The molecule has 5 heteroatoms. The van der Waals surface area contributed by atoms with Gasteiger partial charge in [-0.25, -0.2) is 4.79 Å². The molecular formula is C19H13ClO3S. The first kappa shape index (κ1) is 16.6. The zero-order valence-corrected chi connectivity index (χ0v) is 14.4. The van der Waals surface area contributed by atoms with Crippen molar-refractivity contribution in [1.29, 1.82) is 0 Å². The van der Waals surface area contributed by atoms with Gasteiger partial charge in [-0.15, -0.1) is 11.8 Å². The lowest BCUT2D eigenvalue weighted by Crippen LogP contribution is -2.11. The highest BCUT2D eigenvalue weighted by Crippen LogP contribution is 2.19. The highest BCUT2D eigenvalue weighted by atomic mass is 35.5. The van der Waals surface area contributed by atoms with Crippen molar-refractivity contribution in [1.82, 2.24) is 0 Å². The number of fused-ring (bicyclic) bond motifs is 1. The van der Waals surface area contributed by atoms with Gasteiger partial charge in [-0.3, -0.25) is 4.79 Å². The van der Waals surface area contributed by atoms with Crippen LogP contribution in [-0.2, 0) is 0 Å². The fourth-order valence-electron chi connectivity index (χ4n) is 2.24. The molecule has 0 atom stereocenters. The van der Waals surface area contributed by atoms with Crippen molar-refractivity contribution in [3.8, 4) is 0 Å². The molecule has 24 heavy (non-hydrogen) atoms. The van der Waals surface area contributed by atoms with Crippen molar-refractivity contribution in [3.63, 3.8) is 0 Å². The molecule has 1 heterocycles. The Morgan fingerprint density at radius 1 is 1.12 bits per heavy atom. The van der Waals surface area contributed by atoms with E-state index in [4.69, 9.17) is 16.0 Å². The SMILES string of the molecule is CSc1ccc(C=CC(=O)c2cc3cc(Cl)ccc3oc2=O)cc1. The standard InChI is InChI=1S/C19H13ClO3S/c1-24-15-6-2-12(3-7-15)4-8-17(21)16-11-13-10-14(20)5-9-18(13)23-19(16)22/h2-11H,1H3. The van der Waals surface area contributed by atoms with Gasteiger partial charge in [0.25, 0.3) is 0 Å². The van der Waals surface area contributed by atoms with E-state index in [9.17, 15) is 9.59 Å². The van der Waals surface area contributed by atoms with Crippen LogP contribution in [0, 0.1) is 0 Å². The molecule has 0 aliphatic rings. The molecule has 3 rings (SSSR count). The first-order valence-corrected chi connectivity index (χ1v) is 8.77. The first-order chi connectivity index (χ1) is 11.6. The number of ketones is 1. The van der Waals surface area contributed by atoms with E-state index >= 15 is 0 Å². The molecule has 0 saturated carbocycles. The van der Waals surface area contributed by atoms with Crippen LogP contribution in [0.15, 0.2) is 68.7 Å². The summed E-state index contributed by atoms with van der Waals surface area (Å²) in [5, 5.41) is 1.13. The topological polar surface area (TPSA) is 47.3 Å². The summed E-state index contributed by atoms with van der Waals surface area (Å²) in [6.07, 6.45) is 5.05. The number of carbonyl (C=O) groups excluding carboxylic acids is 1. The fraction of sp³-hybridized carbons (Fsp3) is 0.0526. The lowest BCUT2D eigenvalue weighted by Gasteiger charge is -2.00. The van der Waals surface area contributed by atoms with Crippen LogP contribution in [0.3, 0.4) is 0 Å². The minimum atomic E-state index is -0.655. The maximum atomic E-state index is 12.3. The monoisotopic (exact) mass is 356 g/mol. The molecule has 0 aliphatic heterocycles. The van der Waals surface area contributed by atoms with Gasteiger partial charge in [0.15, 0.2) is 5.78 Å². The van der Waals surface area contributed by atoms with Gasteiger partial charge in [-0.05, 0) is 54.3 Å². The van der Waals surface area contributed by atoms with Gasteiger partial charge in [-0.1, -0.05) is 29.8 Å². The second kappa shape index (κ2) is 7.07. The van der Waals surface area contributed by atoms with Gasteiger partial charge < -0.3 is 4.42 Å². The second-order valence-corrected chi connectivity index (χ2v) is 6.42. The summed E-state index contributed by atoms with van der Waals surface area (Å²) < 4.78 is 5.18. The highest BCUT2D eigenvalue weighted by molar-refractivity contribution is 7.98. The molecule has 0 radical (unpaired) electrons. The Bertz CT molecular complexity index is 988. The van der Waals surface area contributed by atoms with Crippen molar-refractivity contribution in [2.45, 2.75) is 4.90 Å². The first-order valence-electron chi connectivity index (χ1n) is 7.17. The van der Waals surface area contributed by atoms with Crippen LogP contribution < -0.4 is 5.63 Å². The molecule has 0 fully saturated rings. The summed E-state index contributed by atoms with van der Waals surface area (Å²) in [5.41, 5.74) is 0.617. The van der Waals surface area contributed by atoms with Gasteiger partial charge in [0.2, 0.25) is 0 Å². The molecule has 0 amide bonds. The number of allylic oxidation sites excluding steroid dienone is 1. The van der Waals surface area contributed by atoms with Gasteiger partial charge >= 0.3 is 5.63 Å². The Morgan fingerprint density at radius 3 is 2.58 bits per heavy atom. The van der Waals surface area contributed by atoms with E-state index in [1.165, 1.54) is 12.1 Å². The van der Waals surface area contributed by atoms with Crippen LogP contribution in [0.4, 0.5) is 0 Å². The maximum Gasteiger partial charge on any atom is 0.347 e. The van der Waals surface area contributed by atoms with E-state index in [2.05, 4.69) is 0 Å². The van der Waals surface area contributed by atoms with Gasteiger partial charge in [0.05, 0.1) is 0 Å². The third-order valence-corrected chi connectivity index (χ3v) is 4.48. The molecule has 0 bridgehead atoms. The summed E-state index contributed by atoms with van der Waals surface area (Å²) in [5.74, 6) is -0.403. The Kier molecular flexibility index (Phi) is 4.88. The van der Waals surface area contributed by atoms with Gasteiger partial charge in [-0.2, -0.15) is 0 Å². The highest BCUT2D eigenvalue weighted by Gasteiger charge is 2.11. The number of hydrogen-bond donors (Lipinski definition) is 0. The number of halogens is 1. The smallest absolute Gasteiger partial charge is 0.347 e. The predicted molar refractivity (Wildman–Crippen MR) is 99.1 cm³/mol. The van der Waals surface area contributed by atoms with Crippen LogP contribution in [0.1, 0.15) is 15.9 Å². The van der Waals surface area contributed by atoms with Crippen molar-refractivity contribution in [3.05, 3.63) is 81.2 Å². The molecule has 0 spiro atoms. The Labute approximate surface area is 147 Å². The zero-order valence-electron chi connectivity index (χ0n) is 12.8. The average Bonchev–Trinajstić information content (AvgIpc) is 2.60. The van der Waals surface area contributed by atoms with Crippen LogP contribution in [0.2, 0.25) is 5.02 Å². The molecule has 120 valence electrons. The van der Waals surface area contributed by atoms with E-state index in [1.807, 2.05) is 30.5 Å².